The first kappa shape index (κ1) is 19.8. The van der Waals surface area contributed by atoms with Crippen molar-refractivity contribution in [1.29, 1.82) is 0 Å². The van der Waals surface area contributed by atoms with Gasteiger partial charge in [-0.3, -0.25) is 0 Å². The molecule has 0 spiro atoms. The number of methoxy groups -OCH3 is 2. The number of carboxylic acids is 1. The first-order valence-corrected chi connectivity index (χ1v) is 7.89. The molecule has 2 rings (SSSR count). The molecular weight excluding hydrogens is 356 g/mol. The van der Waals surface area contributed by atoms with Crippen molar-refractivity contribution in [2.45, 2.75) is 6.92 Å². The van der Waals surface area contributed by atoms with Gasteiger partial charge in [0.15, 0.2) is 0 Å². The number of carboxylic acid groups (broad SMARTS) is 1. The molecule has 2 aromatic carbocycles. The number of esters is 2. The molecule has 0 aliphatic rings. The topological polar surface area (TPSA) is 108 Å². The SMILES string of the molecule is CCOC(=O)c1c(OC)cc(OC)cc1C(=O)Oc1ccc(C(=O)O)cc1. The van der Waals surface area contributed by atoms with E-state index in [0.717, 1.165) is 0 Å². The highest BCUT2D eigenvalue weighted by atomic mass is 16.5. The van der Waals surface area contributed by atoms with Crippen molar-refractivity contribution >= 4 is 17.9 Å². The molecule has 0 heterocycles. The van der Waals surface area contributed by atoms with Gasteiger partial charge in [-0.15, -0.1) is 0 Å². The Labute approximate surface area is 155 Å². The summed E-state index contributed by atoms with van der Waals surface area (Å²) in [6.07, 6.45) is 0. The molecule has 0 unspecified atom stereocenters. The minimum Gasteiger partial charge on any atom is -0.497 e. The summed E-state index contributed by atoms with van der Waals surface area (Å²) in [6, 6.07) is 8.05. The Bertz CT molecular complexity index is 855. The molecular formula is C19H18O8. The first-order valence-electron chi connectivity index (χ1n) is 7.89. The summed E-state index contributed by atoms with van der Waals surface area (Å²) in [5.74, 6) is -2.20. The molecule has 1 N–H and O–H groups in total. The monoisotopic (exact) mass is 374 g/mol. The first-order chi connectivity index (χ1) is 12.9. The van der Waals surface area contributed by atoms with Crippen molar-refractivity contribution in [2.24, 2.45) is 0 Å². The normalized spacial score (nSPS) is 10.0. The molecule has 8 heteroatoms. The number of hydrogen-bond donors (Lipinski definition) is 1. The Morgan fingerprint density at radius 2 is 1.59 bits per heavy atom. The fourth-order valence-corrected chi connectivity index (χ4v) is 2.27. The average Bonchev–Trinajstić information content (AvgIpc) is 2.67. The van der Waals surface area contributed by atoms with E-state index >= 15 is 0 Å². The summed E-state index contributed by atoms with van der Waals surface area (Å²) in [5.41, 5.74) is -0.149. The number of benzene rings is 2. The number of rotatable bonds is 7. The van der Waals surface area contributed by atoms with Gasteiger partial charge in [-0.25, -0.2) is 14.4 Å². The number of carbonyl (C=O) groups excluding carboxylic acids is 2. The summed E-state index contributed by atoms with van der Waals surface area (Å²) in [4.78, 5) is 35.8. The summed E-state index contributed by atoms with van der Waals surface area (Å²) < 4.78 is 20.6. The number of ether oxygens (including phenoxy) is 4. The van der Waals surface area contributed by atoms with Gasteiger partial charge in [-0.1, -0.05) is 0 Å². The van der Waals surface area contributed by atoms with Crippen molar-refractivity contribution < 1.29 is 38.4 Å². The molecule has 0 atom stereocenters. The fourth-order valence-electron chi connectivity index (χ4n) is 2.27. The summed E-state index contributed by atoms with van der Waals surface area (Å²) >= 11 is 0. The van der Waals surface area contributed by atoms with Crippen LogP contribution >= 0.6 is 0 Å². The maximum absolute atomic E-state index is 12.6. The third kappa shape index (κ3) is 4.55. The summed E-state index contributed by atoms with van der Waals surface area (Å²) in [7, 11) is 2.75. The van der Waals surface area contributed by atoms with Crippen LogP contribution in [0.5, 0.6) is 17.2 Å². The van der Waals surface area contributed by atoms with E-state index in [1.165, 1.54) is 50.6 Å². The van der Waals surface area contributed by atoms with Crippen LogP contribution in [0.1, 0.15) is 38.0 Å². The minimum absolute atomic E-state index is 0.0464. The predicted molar refractivity (Wildman–Crippen MR) is 93.9 cm³/mol. The quantitative estimate of drug-likeness (QED) is 0.582. The minimum atomic E-state index is -1.10. The van der Waals surface area contributed by atoms with E-state index in [2.05, 4.69) is 0 Å². The van der Waals surface area contributed by atoms with E-state index in [9.17, 15) is 14.4 Å². The maximum Gasteiger partial charge on any atom is 0.344 e. The van der Waals surface area contributed by atoms with Crippen LogP contribution in [-0.2, 0) is 4.74 Å². The summed E-state index contributed by atoms with van der Waals surface area (Å²) in [6.45, 7) is 1.75. The van der Waals surface area contributed by atoms with Crippen LogP contribution in [0.4, 0.5) is 0 Å². The highest BCUT2D eigenvalue weighted by Gasteiger charge is 2.26. The molecule has 0 aromatic heterocycles. The Kier molecular flexibility index (Phi) is 6.37. The molecule has 0 saturated heterocycles. The molecule has 0 fully saturated rings. The van der Waals surface area contributed by atoms with Gasteiger partial charge < -0.3 is 24.1 Å². The highest BCUT2D eigenvalue weighted by Crippen LogP contribution is 2.30. The van der Waals surface area contributed by atoms with E-state index in [-0.39, 0.29) is 40.5 Å². The van der Waals surface area contributed by atoms with E-state index in [1.54, 1.807) is 6.92 Å². The van der Waals surface area contributed by atoms with E-state index in [4.69, 9.17) is 24.1 Å². The van der Waals surface area contributed by atoms with E-state index in [0.29, 0.717) is 0 Å². The second kappa shape index (κ2) is 8.70. The lowest BCUT2D eigenvalue weighted by Gasteiger charge is -2.14. The van der Waals surface area contributed by atoms with Crippen molar-refractivity contribution in [3.63, 3.8) is 0 Å². The second-order valence-corrected chi connectivity index (χ2v) is 5.19. The molecule has 27 heavy (non-hydrogen) atoms. The lowest BCUT2D eigenvalue weighted by Crippen LogP contribution is -2.17. The van der Waals surface area contributed by atoms with Crippen LogP contribution in [0, 0.1) is 0 Å². The number of carbonyl (C=O) groups is 3. The highest BCUT2D eigenvalue weighted by molar-refractivity contribution is 6.06. The van der Waals surface area contributed by atoms with Crippen LogP contribution in [0.15, 0.2) is 36.4 Å². The molecule has 0 bridgehead atoms. The van der Waals surface area contributed by atoms with Gasteiger partial charge in [-0.2, -0.15) is 0 Å². The van der Waals surface area contributed by atoms with Crippen molar-refractivity contribution in [3.8, 4) is 17.2 Å². The van der Waals surface area contributed by atoms with Crippen LogP contribution < -0.4 is 14.2 Å². The molecule has 0 radical (unpaired) electrons. The molecule has 142 valence electrons. The molecule has 2 aromatic rings. The Hall–Kier alpha value is -3.55. The fraction of sp³-hybridized carbons (Fsp3) is 0.211. The Morgan fingerprint density at radius 1 is 0.926 bits per heavy atom. The predicted octanol–water partition coefficient (Wildman–Crippen LogP) is 2.80. The van der Waals surface area contributed by atoms with Crippen molar-refractivity contribution in [2.75, 3.05) is 20.8 Å². The van der Waals surface area contributed by atoms with E-state index < -0.39 is 17.9 Å². The van der Waals surface area contributed by atoms with Gasteiger partial charge >= 0.3 is 17.9 Å². The van der Waals surface area contributed by atoms with Crippen LogP contribution in [0.2, 0.25) is 0 Å². The Morgan fingerprint density at radius 3 is 2.11 bits per heavy atom. The van der Waals surface area contributed by atoms with Crippen LogP contribution in [0.25, 0.3) is 0 Å². The third-order valence-electron chi connectivity index (χ3n) is 3.54. The number of hydrogen-bond acceptors (Lipinski definition) is 7. The van der Waals surface area contributed by atoms with Crippen LogP contribution in [-0.4, -0.2) is 43.8 Å². The number of aromatic carboxylic acids is 1. The maximum atomic E-state index is 12.6. The van der Waals surface area contributed by atoms with Gasteiger partial charge in [0, 0.05) is 6.07 Å². The molecule has 8 nitrogen and oxygen atoms in total. The van der Waals surface area contributed by atoms with E-state index in [1.807, 2.05) is 0 Å². The lowest BCUT2D eigenvalue weighted by atomic mass is 10.1. The van der Waals surface area contributed by atoms with Gasteiger partial charge in [-0.05, 0) is 37.3 Å². The van der Waals surface area contributed by atoms with Crippen molar-refractivity contribution in [1.82, 2.24) is 0 Å². The molecule has 0 aliphatic heterocycles. The van der Waals surface area contributed by atoms with Gasteiger partial charge in [0.1, 0.15) is 22.8 Å². The largest absolute Gasteiger partial charge is 0.497 e. The zero-order valence-electron chi connectivity index (χ0n) is 15.0. The zero-order chi connectivity index (χ0) is 20.0. The van der Waals surface area contributed by atoms with Gasteiger partial charge in [0.2, 0.25) is 0 Å². The Balaban J connectivity index is 2.43. The second-order valence-electron chi connectivity index (χ2n) is 5.19. The smallest absolute Gasteiger partial charge is 0.344 e. The molecule has 0 aliphatic carbocycles. The molecule has 0 amide bonds. The third-order valence-corrected chi connectivity index (χ3v) is 3.54. The zero-order valence-corrected chi connectivity index (χ0v) is 15.0. The van der Waals surface area contributed by atoms with Crippen LogP contribution in [0.3, 0.4) is 0 Å². The van der Waals surface area contributed by atoms with Crippen molar-refractivity contribution in [3.05, 3.63) is 53.1 Å². The average molecular weight is 374 g/mol. The van der Waals surface area contributed by atoms with Gasteiger partial charge in [0.05, 0.1) is 32.0 Å². The lowest BCUT2D eigenvalue weighted by molar-refractivity contribution is 0.0512. The molecule has 0 saturated carbocycles. The standard InChI is InChI=1S/C19H18O8/c1-4-26-19(23)16-14(9-13(24-2)10-15(16)25-3)18(22)27-12-7-5-11(6-8-12)17(20)21/h5-10H,4H2,1-3H3,(H,20,21). The van der Waals surface area contributed by atoms with Gasteiger partial charge in [0.25, 0.3) is 0 Å². The summed E-state index contributed by atoms with van der Waals surface area (Å²) in [5, 5.41) is 8.91.